The molecule has 2 aromatic heterocycles. The van der Waals surface area contributed by atoms with E-state index >= 15 is 0 Å². The Morgan fingerprint density at radius 1 is 1.62 bits per heavy atom. The van der Waals surface area contributed by atoms with E-state index in [2.05, 4.69) is 15.4 Å². The number of nitrogens with one attached hydrogen (secondary N) is 1. The van der Waals surface area contributed by atoms with Gasteiger partial charge >= 0.3 is 5.97 Å². The fraction of sp³-hybridized carbons (Fsp3) is 0.250. The number of nitro groups is 1. The fourth-order valence-corrected chi connectivity index (χ4v) is 1.80. The lowest BCUT2D eigenvalue weighted by Crippen LogP contribution is -2.24. The summed E-state index contributed by atoms with van der Waals surface area (Å²) in [5, 5.41) is 26.7. The fourth-order valence-electron chi connectivity index (χ4n) is 1.80. The SMILES string of the molecule is CC(Cn1cccn1)Nc1ncc([N+](=O)[O-])cc1C(=O)O. The smallest absolute Gasteiger partial charge is 0.339 e. The zero-order chi connectivity index (χ0) is 15.4. The third kappa shape index (κ3) is 3.53. The maximum atomic E-state index is 11.2. The van der Waals surface area contributed by atoms with E-state index in [0.717, 1.165) is 12.3 Å². The van der Waals surface area contributed by atoms with Crippen LogP contribution < -0.4 is 5.32 Å². The first kappa shape index (κ1) is 14.4. The largest absolute Gasteiger partial charge is 0.478 e. The Balaban J connectivity index is 2.18. The number of hydrogen-bond acceptors (Lipinski definition) is 6. The number of rotatable bonds is 6. The molecule has 0 aliphatic carbocycles. The highest BCUT2D eigenvalue weighted by Crippen LogP contribution is 2.20. The first-order chi connectivity index (χ1) is 9.97. The van der Waals surface area contributed by atoms with Crippen molar-refractivity contribution in [2.24, 2.45) is 0 Å². The molecule has 0 radical (unpaired) electrons. The second-order valence-corrected chi connectivity index (χ2v) is 4.43. The van der Waals surface area contributed by atoms with Gasteiger partial charge in [0.1, 0.15) is 17.6 Å². The quantitative estimate of drug-likeness (QED) is 0.608. The molecule has 0 aromatic carbocycles. The summed E-state index contributed by atoms with van der Waals surface area (Å²) >= 11 is 0. The van der Waals surface area contributed by atoms with E-state index in [4.69, 9.17) is 5.11 Å². The highest BCUT2D eigenvalue weighted by molar-refractivity contribution is 5.93. The van der Waals surface area contributed by atoms with Gasteiger partial charge < -0.3 is 10.4 Å². The molecule has 9 nitrogen and oxygen atoms in total. The molecule has 21 heavy (non-hydrogen) atoms. The van der Waals surface area contributed by atoms with Gasteiger partial charge in [-0.3, -0.25) is 14.8 Å². The average molecular weight is 291 g/mol. The molecule has 2 rings (SSSR count). The summed E-state index contributed by atoms with van der Waals surface area (Å²) < 4.78 is 1.68. The van der Waals surface area contributed by atoms with Crippen molar-refractivity contribution in [2.75, 3.05) is 5.32 Å². The molecule has 2 aromatic rings. The molecule has 110 valence electrons. The molecule has 0 aliphatic heterocycles. The molecule has 0 amide bonds. The summed E-state index contributed by atoms with van der Waals surface area (Å²) in [6, 6.07) is 2.61. The van der Waals surface area contributed by atoms with Crippen molar-refractivity contribution in [3.05, 3.63) is 46.4 Å². The van der Waals surface area contributed by atoms with Crippen LogP contribution in [-0.4, -0.2) is 36.8 Å². The minimum absolute atomic E-state index is 0.0905. The summed E-state index contributed by atoms with van der Waals surface area (Å²) in [6.45, 7) is 2.33. The number of carboxylic acids is 1. The van der Waals surface area contributed by atoms with Gasteiger partial charge in [0.2, 0.25) is 0 Å². The Hall–Kier alpha value is -2.97. The van der Waals surface area contributed by atoms with Crippen LogP contribution in [0.2, 0.25) is 0 Å². The second kappa shape index (κ2) is 5.99. The summed E-state index contributed by atoms with van der Waals surface area (Å²) in [5.41, 5.74) is -0.603. The Kier molecular flexibility index (Phi) is 4.12. The van der Waals surface area contributed by atoms with Gasteiger partial charge in [0.25, 0.3) is 5.69 Å². The molecule has 0 spiro atoms. The minimum Gasteiger partial charge on any atom is -0.478 e. The Bertz CT molecular complexity index is 656. The third-order valence-electron chi connectivity index (χ3n) is 2.72. The molecule has 0 saturated heterocycles. The van der Waals surface area contributed by atoms with E-state index < -0.39 is 10.9 Å². The number of pyridine rings is 1. The highest BCUT2D eigenvalue weighted by atomic mass is 16.6. The lowest BCUT2D eigenvalue weighted by Gasteiger charge is -2.15. The molecule has 0 fully saturated rings. The van der Waals surface area contributed by atoms with E-state index in [-0.39, 0.29) is 23.1 Å². The molecular weight excluding hydrogens is 278 g/mol. The summed E-state index contributed by atoms with van der Waals surface area (Å²) in [5.74, 6) is -1.19. The zero-order valence-corrected chi connectivity index (χ0v) is 11.1. The van der Waals surface area contributed by atoms with Gasteiger partial charge in [0.15, 0.2) is 0 Å². The first-order valence-electron chi connectivity index (χ1n) is 6.09. The predicted molar refractivity (Wildman–Crippen MR) is 73.2 cm³/mol. The van der Waals surface area contributed by atoms with E-state index in [0.29, 0.717) is 6.54 Å². The molecule has 2 heterocycles. The van der Waals surface area contributed by atoms with Crippen molar-refractivity contribution in [1.82, 2.24) is 14.8 Å². The molecule has 1 atom stereocenters. The molecule has 1 unspecified atom stereocenters. The Morgan fingerprint density at radius 2 is 2.38 bits per heavy atom. The molecular formula is C12H13N5O4. The van der Waals surface area contributed by atoms with Gasteiger partial charge in [-0.15, -0.1) is 0 Å². The van der Waals surface area contributed by atoms with E-state index in [9.17, 15) is 14.9 Å². The maximum absolute atomic E-state index is 11.2. The number of carbonyl (C=O) groups is 1. The van der Waals surface area contributed by atoms with Crippen LogP contribution in [0.15, 0.2) is 30.7 Å². The number of anilines is 1. The molecule has 0 saturated carbocycles. The zero-order valence-electron chi connectivity index (χ0n) is 11.1. The van der Waals surface area contributed by atoms with Gasteiger partial charge in [-0.2, -0.15) is 5.10 Å². The van der Waals surface area contributed by atoms with Gasteiger partial charge in [-0.1, -0.05) is 0 Å². The summed E-state index contributed by atoms with van der Waals surface area (Å²) in [6.07, 6.45) is 4.44. The summed E-state index contributed by atoms with van der Waals surface area (Å²) in [7, 11) is 0. The predicted octanol–water partition coefficient (Wildman–Crippen LogP) is 1.39. The van der Waals surface area contributed by atoms with Crippen molar-refractivity contribution >= 4 is 17.5 Å². The summed E-state index contributed by atoms with van der Waals surface area (Å²) in [4.78, 5) is 25.0. The van der Waals surface area contributed by atoms with Crippen LogP contribution in [-0.2, 0) is 6.54 Å². The van der Waals surface area contributed by atoms with Crippen LogP contribution in [0.5, 0.6) is 0 Å². The van der Waals surface area contributed by atoms with Crippen LogP contribution in [0.1, 0.15) is 17.3 Å². The van der Waals surface area contributed by atoms with Crippen molar-refractivity contribution in [2.45, 2.75) is 19.5 Å². The van der Waals surface area contributed by atoms with Crippen molar-refractivity contribution < 1.29 is 14.8 Å². The minimum atomic E-state index is -1.28. The molecule has 2 N–H and O–H groups in total. The van der Waals surface area contributed by atoms with Crippen LogP contribution in [0, 0.1) is 10.1 Å². The number of nitrogens with zero attached hydrogens (tertiary/aromatic N) is 4. The molecule has 0 aliphatic rings. The van der Waals surface area contributed by atoms with E-state index in [1.165, 1.54) is 0 Å². The third-order valence-corrected chi connectivity index (χ3v) is 2.72. The van der Waals surface area contributed by atoms with Gasteiger partial charge in [0, 0.05) is 24.5 Å². The highest BCUT2D eigenvalue weighted by Gasteiger charge is 2.18. The van der Waals surface area contributed by atoms with Crippen molar-refractivity contribution in [3.63, 3.8) is 0 Å². The lowest BCUT2D eigenvalue weighted by atomic mass is 10.2. The standard InChI is InChI=1S/C12H13N5O4/c1-8(7-16-4-2-3-14-16)15-11-10(12(18)19)5-9(6-13-11)17(20)21/h2-6,8H,7H2,1H3,(H,13,15)(H,18,19). The Labute approximate surface area is 119 Å². The van der Waals surface area contributed by atoms with Crippen LogP contribution in [0.3, 0.4) is 0 Å². The van der Waals surface area contributed by atoms with Crippen LogP contribution in [0.25, 0.3) is 0 Å². The van der Waals surface area contributed by atoms with Gasteiger partial charge in [-0.05, 0) is 13.0 Å². The average Bonchev–Trinajstić information content (AvgIpc) is 2.91. The molecule has 0 bridgehead atoms. The lowest BCUT2D eigenvalue weighted by molar-refractivity contribution is -0.385. The maximum Gasteiger partial charge on any atom is 0.339 e. The number of carboxylic acid groups (broad SMARTS) is 1. The molecule has 9 heteroatoms. The van der Waals surface area contributed by atoms with Crippen molar-refractivity contribution in [1.29, 1.82) is 0 Å². The van der Waals surface area contributed by atoms with Crippen LogP contribution in [0.4, 0.5) is 11.5 Å². The first-order valence-corrected chi connectivity index (χ1v) is 6.09. The van der Waals surface area contributed by atoms with Crippen molar-refractivity contribution in [3.8, 4) is 0 Å². The van der Waals surface area contributed by atoms with Crippen LogP contribution >= 0.6 is 0 Å². The van der Waals surface area contributed by atoms with Gasteiger partial charge in [0.05, 0.1) is 11.5 Å². The topological polar surface area (TPSA) is 123 Å². The number of aromatic carboxylic acids is 1. The number of hydrogen-bond donors (Lipinski definition) is 2. The van der Waals surface area contributed by atoms with E-state index in [1.54, 1.807) is 23.1 Å². The van der Waals surface area contributed by atoms with Gasteiger partial charge in [-0.25, -0.2) is 9.78 Å². The normalized spacial score (nSPS) is 11.9. The second-order valence-electron chi connectivity index (χ2n) is 4.43. The monoisotopic (exact) mass is 291 g/mol. The Morgan fingerprint density at radius 3 is 2.95 bits per heavy atom. The number of aromatic nitrogens is 3. The van der Waals surface area contributed by atoms with E-state index in [1.807, 2.05) is 6.92 Å².